The monoisotopic (exact) mass is 402 g/mol. The SMILES string of the molecule is CCC[NH+](CC(=O)Nc1ccccc1C)CC(=O)N[C@H](C)c1ccccc1Cl. The molecule has 0 radical (unpaired) electrons. The van der Waals surface area contributed by atoms with Crippen LogP contribution in [0, 0.1) is 6.92 Å². The zero-order valence-electron chi connectivity index (χ0n) is 16.7. The molecule has 0 aliphatic carbocycles. The van der Waals surface area contributed by atoms with Gasteiger partial charge in [-0.15, -0.1) is 0 Å². The van der Waals surface area contributed by atoms with Gasteiger partial charge in [-0.2, -0.15) is 0 Å². The van der Waals surface area contributed by atoms with Crippen LogP contribution in [0.25, 0.3) is 0 Å². The van der Waals surface area contributed by atoms with Gasteiger partial charge in [-0.05, 0) is 43.5 Å². The van der Waals surface area contributed by atoms with Crippen LogP contribution in [0.4, 0.5) is 5.69 Å². The van der Waals surface area contributed by atoms with Crippen molar-refractivity contribution in [3.8, 4) is 0 Å². The number of aryl methyl sites for hydroxylation is 1. The second-order valence-electron chi connectivity index (χ2n) is 7.03. The summed E-state index contributed by atoms with van der Waals surface area (Å²) in [7, 11) is 0. The molecule has 6 heteroatoms. The molecule has 0 aliphatic rings. The van der Waals surface area contributed by atoms with E-state index < -0.39 is 0 Å². The number of hydrogen-bond acceptors (Lipinski definition) is 2. The number of rotatable bonds is 9. The van der Waals surface area contributed by atoms with Crippen LogP contribution in [0.15, 0.2) is 48.5 Å². The van der Waals surface area contributed by atoms with Gasteiger partial charge in [0.05, 0.1) is 12.6 Å². The highest BCUT2D eigenvalue weighted by Gasteiger charge is 2.20. The predicted octanol–water partition coefficient (Wildman–Crippen LogP) is 2.76. The molecule has 1 unspecified atom stereocenters. The number of hydrogen-bond donors (Lipinski definition) is 3. The van der Waals surface area contributed by atoms with E-state index in [0.29, 0.717) is 5.02 Å². The first kappa shape index (κ1) is 21.9. The van der Waals surface area contributed by atoms with Gasteiger partial charge in [0.25, 0.3) is 11.8 Å². The molecule has 2 atom stereocenters. The van der Waals surface area contributed by atoms with Crippen molar-refractivity contribution in [2.75, 3.05) is 25.0 Å². The number of halogens is 1. The summed E-state index contributed by atoms with van der Waals surface area (Å²) in [6.07, 6.45) is 0.889. The number of quaternary nitrogens is 1. The van der Waals surface area contributed by atoms with E-state index in [9.17, 15) is 9.59 Å². The van der Waals surface area contributed by atoms with Crippen molar-refractivity contribution >= 4 is 29.1 Å². The maximum absolute atomic E-state index is 12.5. The van der Waals surface area contributed by atoms with Crippen molar-refractivity contribution < 1.29 is 14.5 Å². The van der Waals surface area contributed by atoms with Gasteiger partial charge in [0, 0.05) is 10.7 Å². The minimum atomic E-state index is -0.190. The van der Waals surface area contributed by atoms with Gasteiger partial charge in [0.2, 0.25) is 0 Å². The van der Waals surface area contributed by atoms with Crippen LogP contribution in [0.1, 0.15) is 37.4 Å². The smallest absolute Gasteiger partial charge is 0.279 e. The Morgan fingerprint density at radius 3 is 2.36 bits per heavy atom. The molecule has 0 heterocycles. The van der Waals surface area contributed by atoms with Gasteiger partial charge in [-0.1, -0.05) is 54.9 Å². The molecule has 3 N–H and O–H groups in total. The molecule has 0 bridgehead atoms. The van der Waals surface area contributed by atoms with Crippen molar-refractivity contribution in [3.63, 3.8) is 0 Å². The van der Waals surface area contributed by atoms with Crippen LogP contribution in [0.3, 0.4) is 0 Å². The average Bonchev–Trinajstić information content (AvgIpc) is 2.64. The Morgan fingerprint density at radius 1 is 1.04 bits per heavy atom. The summed E-state index contributed by atoms with van der Waals surface area (Å²) < 4.78 is 0. The third kappa shape index (κ3) is 6.66. The van der Waals surface area contributed by atoms with Gasteiger partial charge in [-0.3, -0.25) is 9.59 Å². The fourth-order valence-electron chi connectivity index (χ4n) is 3.15. The fourth-order valence-corrected chi connectivity index (χ4v) is 3.45. The first-order valence-corrected chi connectivity index (χ1v) is 10.0. The molecule has 0 aliphatic heterocycles. The molecular formula is C22H29ClN3O2+. The molecule has 2 aromatic rings. The summed E-state index contributed by atoms with van der Waals surface area (Å²) in [4.78, 5) is 25.9. The van der Waals surface area contributed by atoms with E-state index in [-0.39, 0.29) is 30.9 Å². The lowest BCUT2D eigenvalue weighted by molar-refractivity contribution is -0.883. The van der Waals surface area contributed by atoms with Crippen LogP contribution >= 0.6 is 11.6 Å². The minimum Gasteiger partial charge on any atom is -0.345 e. The Bertz CT molecular complexity index is 810. The van der Waals surface area contributed by atoms with E-state index in [2.05, 4.69) is 10.6 Å². The number of carbonyl (C=O) groups excluding carboxylic acids is 2. The Kier molecular flexibility index (Phi) is 8.48. The van der Waals surface area contributed by atoms with Crippen LogP contribution in [-0.2, 0) is 9.59 Å². The highest BCUT2D eigenvalue weighted by atomic mass is 35.5. The fraction of sp³-hybridized carbons (Fsp3) is 0.364. The second kappa shape index (κ2) is 10.8. The topological polar surface area (TPSA) is 62.6 Å². The zero-order chi connectivity index (χ0) is 20.5. The lowest BCUT2D eigenvalue weighted by Crippen LogP contribution is -3.14. The zero-order valence-corrected chi connectivity index (χ0v) is 17.5. The summed E-state index contributed by atoms with van der Waals surface area (Å²) in [5.41, 5.74) is 2.70. The van der Waals surface area contributed by atoms with E-state index in [1.54, 1.807) is 0 Å². The van der Waals surface area contributed by atoms with E-state index in [1.165, 1.54) is 0 Å². The van der Waals surface area contributed by atoms with E-state index >= 15 is 0 Å². The summed E-state index contributed by atoms with van der Waals surface area (Å²) in [6, 6.07) is 14.9. The third-order valence-corrected chi connectivity index (χ3v) is 4.94. The molecule has 5 nitrogen and oxygen atoms in total. The number of benzene rings is 2. The van der Waals surface area contributed by atoms with Gasteiger partial charge in [0.1, 0.15) is 0 Å². The molecule has 0 saturated carbocycles. The summed E-state index contributed by atoms with van der Waals surface area (Å²) in [6.45, 7) is 7.14. The molecule has 0 spiro atoms. The average molecular weight is 403 g/mol. The second-order valence-corrected chi connectivity index (χ2v) is 7.43. The highest BCUT2D eigenvalue weighted by Crippen LogP contribution is 2.21. The molecule has 28 heavy (non-hydrogen) atoms. The Labute approximate surface area is 172 Å². The van der Waals surface area contributed by atoms with Crippen molar-refractivity contribution in [1.29, 1.82) is 0 Å². The van der Waals surface area contributed by atoms with Gasteiger partial charge < -0.3 is 15.5 Å². The summed E-state index contributed by atoms with van der Waals surface area (Å²) >= 11 is 6.21. The number of carbonyl (C=O) groups is 2. The molecular weight excluding hydrogens is 374 g/mol. The lowest BCUT2D eigenvalue weighted by atomic mass is 10.1. The van der Waals surface area contributed by atoms with Crippen LogP contribution in [0.5, 0.6) is 0 Å². The lowest BCUT2D eigenvalue weighted by Gasteiger charge is -2.20. The predicted molar refractivity (Wildman–Crippen MR) is 114 cm³/mol. The van der Waals surface area contributed by atoms with Crippen molar-refractivity contribution in [2.24, 2.45) is 0 Å². The van der Waals surface area contributed by atoms with Crippen molar-refractivity contribution in [2.45, 2.75) is 33.2 Å². The number of nitrogens with one attached hydrogen (secondary N) is 3. The summed E-state index contributed by atoms with van der Waals surface area (Å²) in [5, 5.41) is 6.55. The van der Waals surface area contributed by atoms with E-state index in [0.717, 1.165) is 34.7 Å². The maximum Gasteiger partial charge on any atom is 0.279 e. The highest BCUT2D eigenvalue weighted by molar-refractivity contribution is 6.31. The van der Waals surface area contributed by atoms with Crippen LogP contribution in [-0.4, -0.2) is 31.4 Å². The third-order valence-electron chi connectivity index (χ3n) is 4.59. The first-order valence-electron chi connectivity index (χ1n) is 9.63. The molecule has 2 aromatic carbocycles. The molecule has 2 rings (SSSR count). The normalized spacial score (nSPS) is 12.9. The molecule has 2 amide bonds. The van der Waals surface area contributed by atoms with Crippen molar-refractivity contribution in [3.05, 3.63) is 64.7 Å². The Morgan fingerprint density at radius 2 is 1.68 bits per heavy atom. The minimum absolute atomic E-state index is 0.0929. The van der Waals surface area contributed by atoms with Gasteiger partial charge >= 0.3 is 0 Å². The number of anilines is 1. The van der Waals surface area contributed by atoms with E-state index in [1.807, 2.05) is 69.3 Å². The quantitative estimate of drug-likeness (QED) is 0.604. The molecule has 0 aromatic heterocycles. The largest absolute Gasteiger partial charge is 0.345 e. The summed E-state index contributed by atoms with van der Waals surface area (Å²) in [5.74, 6) is -0.190. The number of amides is 2. The Balaban J connectivity index is 1.92. The van der Waals surface area contributed by atoms with Crippen LogP contribution < -0.4 is 15.5 Å². The van der Waals surface area contributed by atoms with Crippen molar-refractivity contribution in [1.82, 2.24) is 5.32 Å². The molecule has 0 saturated heterocycles. The maximum atomic E-state index is 12.5. The number of para-hydroxylation sites is 1. The standard InChI is InChI=1S/C22H28ClN3O2/c1-4-13-26(15-22(28)25-20-12-8-5-9-16(20)2)14-21(27)24-17(3)18-10-6-7-11-19(18)23/h5-12,17H,4,13-15H2,1-3H3,(H,24,27)(H,25,28)/p+1/t17-/m1/s1. The van der Waals surface area contributed by atoms with Gasteiger partial charge in [-0.25, -0.2) is 0 Å². The van der Waals surface area contributed by atoms with E-state index in [4.69, 9.17) is 11.6 Å². The van der Waals surface area contributed by atoms with Gasteiger partial charge in [0.15, 0.2) is 13.1 Å². The van der Waals surface area contributed by atoms with Crippen LogP contribution in [0.2, 0.25) is 5.02 Å². The molecule has 150 valence electrons. The Hall–Kier alpha value is -2.37. The first-order chi connectivity index (χ1) is 13.4. The molecule has 0 fully saturated rings.